The fourth-order valence-electron chi connectivity index (χ4n) is 3.00. The van der Waals surface area contributed by atoms with Crippen LogP contribution in [0.4, 0.5) is 0 Å². The molecule has 114 valence electrons. The van der Waals surface area contributed by atoms with E-state index in [4.69, 9.17) is 0 Å². The maximum atomic E-state index is 3.78. The molecule has 1 aromatic rings. The van der Waals surface area contributed by atoms with Gasteiger partial charge < -0.3 is 5.32 Å². The third kappa shape index (κ3) is 4.30. The lowest BCUT2D eigenvalue weighted by Gasteiger charge is -2.42. The number of hydrogen-bond donors (Lipinski definition) is 1. The molecular formula is C16H27BrN2S. The van der Waals surface area contributed by atoms with Crippen LogP contribution in [0.25, 0.3) is 0 Å². The Morgan fingerprint density at radius 1 is 1.50 bits per heavy atom. The summed E-state index contributed by atoms with van der Waals surface area (Å²) < 4.78 is 1.22. The van der Waals surface area contributed by atoms with Gasteiger partial charge in [-0.15, -0.1) is 11.3 Å². The van der Waals surface area contributed by atoms with E-state index in [1.807, 2.05) is 11.3 Å². The fourth-order valence-corrected chi connectivity index (χ4v) is 4.47. The Balaban J connectivity index is 2.02. The number of hydrogen-bond acceptors (Lipinski definition) is 3. The molecule has 0 amide bonds. The Hall–Kier alpha value is 0.1000. The predicted octanol–water partition coefficient (Wildman–Crippen LogP) is 4.50. The van der Waals surface area contributed by atoms with E-state index in [1.165, 1.54) is 35.2 Å². The van der Waals surface area contributed by atoms with Crippen LogP contribution >= 0.6 is 27.3 Å². The third-order valence-corrected chi connectivity index (χ3v) is 6.18. The van der Waals surface area contributed by atoms with Crippen molar-refractivity contribution >= 4 is 27.3 Å². The zero-order valence-electron chi connectivity index (χ0n) is 12.9. The van der Waals surface area contributed by atoms with Crippen molar-refractivity contribution < 1.29 is 0 Å². The third-order valence-electron chi connectivity index (χ3n) is 4.50. The Kier molecular flexibility index (Phi) is 6.53. The first-order valence-electron chi connectivity index (χ1n) is 7.84. The zero-order chi connectivity index (χ0) is 14.5. The van der Waals surface area contributed by atoms with E-state index in [-0.39, 0.29) is 0 Å². The molecule has 1 aliphatic rings. The van der Waals surface area contributed by atoms with Crippen LogP contribution in [0.1, 0.15) is 44.9 Å². The maximum absolute atomic E-state index is 3.78. The van der Waals surface area contributed by atoms with Gasteiger partial charge in [-0.1, -0.05) is 33.6 Å². The van der Waals surface area contributed by atoms with E-state index in [0.29, 0.717) is 12.1 Å². The smallest absolute Gasteiger partial charge is 0.0332 e. The van der Waals surface area contributed by atoms with Gasteiger partial charge in [0.2, 0.25) is 0 Å². The molecule has 2 nitrogen and oxygen atoms in total. The van der Waals surface area contributed by atoms with Crippen LogP contribution in [0.3, 0.4) is 0 Å². The van der Waals surface area contributed by atoms with E-state index in [0.717, 1.165) is 19.0 Å². The van der Waals surface area contributed by atoms with Crippen molar-refractivity contribution in [2.75, 3.05) is 13.1 Å². The van der Waals surface area contributed by atoms with Crippen LogP contribution in [0.2, 0.25) is 0 Å². The molecule has 0 spiro atoms. The molecule has 1 aromatic heterocycles. The highest BCUT2D eigenvalue weighted by atomic mass is 79.9. The Morgan fingerprint density at radius 3 is 2.90 bits per heavy atom. The van der Waals surface area contributed by atoms with E-state index in [1.54, 1.807) is 0 Å². The van der Waals surface area contributed by atoms with Crippen molar-refractivity contribution in [3.8, 4) is 0 Å². The zero-order valence-corrected chi connectivity index (χ0v) is 15.3. The van der Waals surface area contributed by atoms with Gasteiger partial charge >= 0.3 is 0 Å². The molecule has 20 heavy (non-hydrogen) atoms. The van der Waals surface area contributed by atoms with Gasteiger partial charge in [-0.25, -0.2) is 0 Å². The summed E-state index contributed by atoms with van der Waals surface area (Å²) in [5.41, 5.74) is 0. The first-order valence-corrected chi connectivity index (χ1v) is 9.51. The highest BCUT2D eigenvalue weighted by Crippen LogP contribution is 2.25. The second-order valence-corrected chi connectivity index (χ2v) is 7.91. The summed E-state index contributed by atoms with van der Waals surface area (Å²) in [6.07, 6.45) is 3.83. The molecule has 2 rings (SSSR count). The molecule has 1 saturated heterocycles. The molecular weight excluding hydrogens is 332 g/mol. The van der Waals surface area contributed by atoms with Gasteiger partial charge in [-0.2, -0.15) is 0 Å². The molecule has 0 radical (unpaired) electrons. The molecule has 0 aromatic carbocycles. The summed E-state index contributed by atoms with van der Waals surface area (Å²) in [6.45, 7) is 10.4. The molecule has 4 heteroatoms. The molecule has 3 unspecified atom stereocenters. The molecule has 1 N–H and O–H groups in total. The molecule has 0 saturated carbocycles. The first kappa shape index (κ1) is 16.5. The normalized spacial score (nSPS) is 25.8. The topological polar surface area (TPSA) is 15.3 Å². The Labute approximate surface area is 136 Å². The van der Waals surface area contributed by atoms with Crippen LogP contribution in [-0.2, 0) is 6.54 Å². The number of rotatable bonds is 6. The summed E-state index contributed by atoms with van der Waals surface area (Å²) in [5.74, 6) is 0.759. The average molecular weight is 359 g/mol. The molecule has 0 bridgehead atoms. The standard InChI is InChI=1S/C16H27BrN2S/c1-4-6-14-8-18-16(12(3)5-2)10-19(14)9-15-7-13(17)11-20-15/h7,11-12,14,16,18H,4-6,8-10H2,1-3H3. The number of halogens is 1. The fraction of sp³-hybridized carbons (Fsp3) is 0.750. The molecule has 2 heterocycles. The lowest BCUT2D eigenvalue weighted by molar-refractivity contribution is 0.0970. The number of nitrogens with zero attached hydrogens (tertiary/aromatic N) is 1. The van der Waals surface area contributed by atoms with Crippen LogP contribution in [0.5, 0.6) is 0 Å². The van der Waals surface area contributed by atoms with Crippen LogP contribution in [0, 0.1) is 5.92 Å². The van der Waals surface area contributed by atoms with Gasteiger partial charge in [0, 0.05) is 46.4 Å². The summed E-state index contributed by atoms with van der Waals surface area (Å²) >= 11 is 5.44. The molecule has 0 aliphatic carbocycles. The van der Waals surface area contributed by atoms with E-state index in [2.05, 4.69) is 58.4 Å². The van der Waals surface area contributed by atoms with E-state index < -0.39 is 0 Å². The number of piperazine rings is 1. The monoisotopic (exact) mass is 358 g/mol. The highest BCUT2D eigenvalue weighted by molar-refractivity contribution is 9.10. The lowest BCUT2D eigenvalue weighted by atomic mass is 9.94. The molecule has 3 atom stereocenters. The van der Waals surface area contributed by atoms with Gasteiger partial charge in [-0.3, -0.25) is 4.90 Å². The number of thiophene rings is 1. The Bertz CT molecular complexity index is 407. The number of nitrogens with one attached hydrogen (secondary N) is 1. The summed E-state index contributed by atoms with van der Waals surface area (Å²) in [5, 5.41) is 5.97. The largest absolute Gasteiger partial charge is 0.311 e. The maximum Gasteiger partial charge on any atom is 0.0332 e. The van der Waals surface area contributed by atoms with E-state index in [9.17, 15) is 0 Å². The second kappa shape index (κ2) is 7.92. The second-order valence-electron chi connectivity index (χ2n) is 6.00. The van der Waals surface area contributed by atoms with Gasteiger partial charge in [0.25, 0.3) is 0 Å². The lowest BCUT2D eigenvalue weighted by Crippen LogP contribution is -2.57. The van der Waals surface area contributed by atoms with Gasteiger partial charge in [-0.05, 0) is 34.3 Å². The van der Waals surface area contributed by atoms with Crippen molar-refractivity contribution in [1.29, 1.82) is 0 Å². The summed E-state index contributed by atoms with van der Waals surface area (Å²) in [6, 6.07) is 3.62. The predicted molar refractivity (Wildman–Crippen MR) is 92.4 cm³/mol. The van der Waals surface area contributed by atoms with Crippen molar-refractivity contribution in [3.05, 3.63) is 20.8 Å². The van der Waals surface area contributed by atoms with Crippen LogP contribution < -0.4 is 5.32 Å². The summed E-state index contributed by atoms with van der Waals surface area (Å²) in [4.78, 5) is 4.18. The molecule has 1 aliphatic heterocycles. The van der Waals surface area contributed by atoms with Crippen LogP contribution in [-0.4, -0.2) is 30.1 Å². The average Bonchev–Trinajstić information content (AvgIpc) is 2.85. The minimum absolute atomic E-state index is 0.650. The quantitative estimate of drug-likeness (QED) is 0.805. The first-order chi connectivity index (χ1) is 9.63. The molecule has 1 fully saturated rings. The summed E-state index contributed by atoms with van der Waals surface area (Å²) in [7, 11) is 0. The van der Waals surface area contributed by atoms with Crippen molar-refractivity contribution in [2.24, 2.45) is 5.92 Å². The minimum Gasteiger partial charge on any atom is -0.311 e. The highest BCUT2D eigenvalue weighted by Gasteiger charge is 2.29. The van der Waals surface area contributed by atoms with Gasteiger partial charge in [0.15, 0.2) is 0 Å². The SMILES string of the molecule is CCCC1CNC(C(C)CC)CN1Cc1cc(Br)cs1. The van der Waals surface area contributed by atoms with Crippen molar-refractivity contribution in [2.45, 2.75) is 58.7 Å². The van der Waals surface area contributed by atoms with E-state index >= 15 is 0 Å². The minimum atomic E-state index is 0.650. The van der Waals surface area contributed by atoms with Crippen molar-refractivity contribution in [3.63, 3.8) is 0 Å². The van der Waals surface area contributed by atoms with Gasteiger partial charge in [0.1, 0.15) is 0 Å². The van der Waals surface area contributed by atoms with Gasteiger partial charge in [0.05, 0.1) is 0 Å². The van der Waals surface area contributed by atoms with Crippen LogP contribution in [0.15, 0.2) is 15.9 Å². The van der Waals surface area contributed by atoms with Crippen molar-refractivity contribution in [1.82, 2.24) is 10.2 Å². The Morgan fingerprint density at radius 2 is 2.30 bits per heavy atom.